The molecule has 0 saturated heterocycles. The molecule has 0 aromatic heterocycles. The molecule has 0 radical (unpaired) electrons. The second kappa shape index (κ2) is 5.82. The van der Waals surface area contributed by atoms with Gasteiger partial charge in [0, 0.05) is 6.04 Å². The topological polar surface area (TPSA) is 84.4 Å². The van der Waals surface area contributed by atoms with E-state index in [1.54, 1.807) is 0 Å². The van der Waals surface area contributed by atoms with Crippen molar-refractivity contribution in [2.75, 3.05) is 0 Å². The van der Waals surface area contributed by atoms with Crippen molar-refractivity contribution in [3.8, 4) is 0 Å². The molecule has 82 valence electrons. The summed E-state index contributed by atoms with van der Waals surface area (Å²) in [5, 5.41) is 1.24. The maximum atomic E-state index is 11.2. The van der Waals surface area contributed by atoms with E-state index in [1.807, 2.05) is 0 Å². The third kappa shape index (κ3) is 3.16. The first-order valence-electron chi connectivity index (χ1n) is 5.30. The van der Waals surface area contributed by atoms with E-state index in [0.717, 1.165) is 25.7 Å². The van der Waals surface area contributed by atoms with Crippen molar-refractivity contribution in [3.63, 3.8) is 0 Å². The third-order valence-electron chi connectivity index (χ3n) is 2.83. The lowest BCUT2D eigenvalue weighted by Gasteiger charge is -2.28. The van der Waals surface area contributed by atoms with Crippen LogP contribution in [-0.4, -0.2) is 17.1 Å². The molecule has 0 atom stereocenters. The number of hydrazine groups is 2. The number of carbonyl (C=O) groups is 1. The van der Waals surface area contributed by atoms with Crippen molar-refractivity contribution in [1.82, 2.24) is 10.4 Å². The van der Waals surface area contributed by atoms with Gasteiger partial charge in [0.2, 0.25) is 0 Å². The predicted octanol–water partition coefficient (Wildman–Crippen LogP) is 0.858. The molecule has 1 fully saturated rings. The second-order valence-electron chi connectivity index (χ2n) is 3.86. The van der Waals surface area contributed by atoms with E-state index in [0.29, 0.717) is 0 Å². The van der Waals surface area contributed by atoms with Crippen molar-refractivity contribution < 1.29 is 4.79 Å². The number of rotatable bonds is 1. The lowest BCUT2D eigenvalue weighted by atomic mass is 9.96. The summed E-state index contributed by atoms with van der Waals surface area (Å²) in [5.74, 6) is 10.7. The van der Waals surface area contributed by atoms with Gasteiger partial charge >= 0.3 is 6.03 Å². The minimum atomic E-state index is -0.393. The molecule has 0 aliphatic heterocycles. The zero-order valence-corrected chi connectivity index (χ0v) is 8.54. The molecule has 0 aromatic rings. The molecular weight excluding hydrogens is 180 g/mol. The molecular formula is C9H20N4O. The first kappa shape index (κ1) is 11.3. The van der Waals surface area contributed by atoms with Gasteiger partial charge in [-0.3, -0.25) is 10.4 Å². The number of nitrogens with two attached hydrogens (primary N) is 2. The maximum Gasteiger partial charge on any atom is 0.345 e. The molecule has 0 bridgehead atoms. The molecule has 5 N–H and O–H groups in total. The summed E-state index contributed by atoms with van der Waals surface area (Å²) in [4.78, 5) is 11.2. The SMILES string of the molecule is NNC(=O)N(N)C1CCCCCCC1. The number of nitrogens with zero attached hydrogens (tertiary/aromatic N) is 1. The predicted molar refractivity (Wildman–Crippen MR) is 54.9 cm³/mol. The average molecular weight is 200 g/mol. The first-order chi connectivity index (χ1) is 6.75. The zero-order chi connectivity index (χ0) is 10.4. The number of carbonyl (C=O) groups excluding carboxylic acids is 1. The number of urea groups is 1. The van der Waals surface area contributed by atoms with Crippen LogP contribution in [0.5, 0.6) is 0 Å². The normalized spacial score (nSPS) is 19.6. The van der Waals surface area contributed by atoms with E-state index in [2.05, 4.69) is 5.43 Å². The van der Waals surface area contributed by atoms with Crippen LogP contribution < -0.4 is 17.1 Å². The van der Waals surface area contributed by atoms with Crippen LogP contribution in [-0.2, 0) is 0 Å². The Bertz CT molecular complexity index is 178. The highest BCUT2D eigenvalue weighted by Crippen LogP contribution is 2.19. The minimum absolute atomic E-state index is 0.152. The van der Waals surface area contributed by atoms with Gasteiger partial charge in [0.15, 0.2) is 0 Å². The van der Waals surface area contributed by atoms with Crippen LogP contribution in [0.15, 0.2) is 0 Å². The third-order valence-corrected chi connectivity index (χ3v) is 2.83. The number of hydrogen-bond acceptors (Lipinski definition) is 3. The molecule has 1 rings (SSSR count). The Morgan fingerprint density at radius 3 is 2.14 bits per heavy atom. The van der Waals surface area contributed by atoms with Crippen molar-refractivity contribution in [2.24, 2.45) is 11.7 Å². The van der Waals surface area contributed by atoms with E-state index < -0.39 is 6.03 Å². The highest BCUT2D eigenvalue weighted by molar-refractivity contribution is 5.73. The van der Waals surface area contributed by atoms with Gasteiger partial charge in [0.25, 0.3) is 0 Å². The Hall–Kier alpha value is -0.810. The Kier molecular flexibility index (Phi) is 4.69. The van der Waals surface area contributed by atoms with Gasteiger partial charge in [-0.15, -0.1) is 0 Å². The summed E-state index contributed by atoms with van der Waals surface area (Å²) in [7, 11) is 0. The highest BCUT2D eigenvalue weighted by Gasteiger charge is 2.20. The summed E-state index contributed by atoms with van der Waals surface area (Å²) in [5.41, 5.74) is 2.06. The molecule has 0 unspecified atom stereocenters. The molecule has 1 aliphatic rings. The Morgan fingerprint density at radius 2 is 1.64 bits per heavy atom. The fourth-order valence-electron chi connectivity index (χ4n) is 1.95. The molecule has 1 saturated carbocycles. The number of amides is 2. The lowest BCUT2D eigenvalue weighted by Crippen LogP contribution is -2.52. The molecule has 14 heavy (non-hydrogen) atoms. The van der Waals surface area contributed by atoms with E-state index in [4.69, 9.17) is 11.7 Å². The zero-order valence-electron chi connectivity index (χ0n) is 8.54. The molecule has 1 aliphatic carbocycles. The van der Waals surface area contributed by atoms with Crippen molar-refractivity contribution in [1.29, 1.82) is 0 Å². The van der Waals surface area contributed by atoms with E-state index in [9.17, 15) is 4.79 Å². The summed E-state index contributed by atoms with van der Waals surface area (Å²) in [6.45, 7) is 0. The fraction of sp³-hybridized carbons (Fsp3) is 0.889. The number of nitrogens with one attached hydrogen (secondary N) is 1. The standard InChI is InChI=1S/C9H20N4O/c10-12-9(14)13(11)8-6-4-2-1-3-5-7-8/h8H,1-7,10-11H2,(H,12,14). The largest absolute Gasteiger partial charge is 0.345 e. The van der Waals surface area contributed by atoms with E-state index in [1.165, 1.54) is 24.3 Å². The first-order valence-corrected chi connectivity index (χ1v) is 5.30. The van der Waals surface area contributed by atoms with Gasteiger partial charge in [0.05, 0.1) is 0 Å². The van der Waals surface area contributed by atoms with Crippen LogP contribution in [0, 0.1) is 0 Å². The smallest absolute Gasteiger partial charge is 0.275 e. The average Bonchev–Trinajstić information content (AvgIpc) is 2.15. The van der Waals surface area contributed by atoms with Gasteiger partial charge in [0.1, 0.15) is 0 Å². The van der Waals surface area contributed by atoms with Crippen LogP contribution >= 0.6 is 0 Å². The van der Waals surface area contributed by atoms with Crippen LogP contribution in [0.3, 0.4) is 0 Å². The Labute approximate surface area is 84.7 Å². The van der Waals surface area contributed by atoms with Gasteiger partial charge in [-0.1, -0.05) is 32.1 Å². The molecule has 2 amide bonds. The van der Waals surface area contributed by atoms with E-state index >= 15 is 0 Å². The van der Waals surface area contributed by atoms with Gasteiger partial charge < -0.3 is 0 Å². The summed E-state index contributed by atoms with van der Waals surface area (Å²) in [6, 6.07) is -0.241. The van der Waals surface area contributed by atoms with Crippen LogP contribution in [0.2, 0.25) is 0 Å². The fourth-order valence-corrected chi connectivity index (χ4v) is 1.95. The molecule has 0 heterocycles. The lowest BCUT2D eigenvalue weighted by molar-refractivity contribution is 0.162. The second-order valence-corrected chi connectivity index (χ2v) is 3.86. The minimum Gasteiger partial charge on any atom is -0.275 e. The van der Waals surface area contributed by atoms with E-state index in [-0.39, 0.29) is 6.04 Å². The van der Waals surface area contributed by atoms with Crippen molar-refractivity contribution >= 4 is 6.03 Å². The van der Waals surface area contributed by atoms with Gasteiger partial charge in [-0.2, -0.15) is 0 Å². The summed E-state index contributed by atoms with van der Waals surface area (Å²) < 4.78 is 0. The molecule has 5 nitrogen and oxygen atoms in total. The maximum absolute atomic E-state index is 11.2. The molecule has 0 aromatic carbocycles. The Morgan fingerprint density at radius 1 is 1.14 bits per heavy atom. The number of hydrogen-bond donors (Lipinski definition) is 3. The van der Waals surface area contributed by atoms with Crippen molar-refractivity contribution in [3.05, 3.63) is 0 Å². The summed E-state index contributed by atoms with van der Waals surface area (Å²) in [6.07, 6.45) is 8.07. The molecule has 5 heteroatoms. The van der Waals surface area contributed by atoms with Gasteiger partial charge in [-0.05, 0) is 12.8 Å². The van der Waals surface area contributed by atoms with Crippen molar-refractivity contribution in [2.45, 2.75) is 51.0 Å². The van der Waals surface area contributed by atoms with Gasteiger partial charge in [-0.25, -0.2) is 16.5 Å². The summed E-state index contributed by atoms with van der Waals surface area (Å²) >= 11 is 0. The van der Waals surface area contributed by atoms with Crippen LogP contribution in [0.25, 0.3) is 0 Å². The highest BCUT2D eigenvalue weighted by atomic mass is 16.2. The Balaban J connectivity index is 2.42. The van der Waals surface area contributed by atoms with Crippen LogP contribution in [0.4, 0.5) is 4.79 Å². The van der Waals surface area contributed by atoms with Crippen LogP contribution in [0.1, 0.15) is 44.9 Å². The molecule has 0 spiro atoms. The quantitative estimate of drug-likeness (QED) is 0.333. The monoisotopic (exact) mass is 200 g/mol.